The van der Waals surface area contributed by atoms with Crippen LogP contribution in [0.3, 0.4) is 0 Å². The van der Waals surface area contributed by atoms with E-state index in [1.54, 1.807) is 13.2 Å². The molecule has 1 N–H and O–H groups in total. The molecule has 0 saturated carbocycles. The summed E-state index contributed by atoms with van der Waals surface area (Å²) in [5.41, 5.74) is 5.39. The number of ketones is 1. The maximum absolute atomic E-state index is 13.6. The molecule has 5 rings (SSSR count). The molecule has 0 saturated heterocycles. The second kappa shape index (κ2) is 10.3. The summed E-state index contributed by atoms with van der Waals surface area (Å²) in [5, 5.41) is 3.30. The van der Waals surface area contributed by atoms with Crippen molar-refractivity contribution < 1.29 is 23.8 Å². The number of nitrogens with one attached hydrogen (secondary N) is 1. The van der Waals surface area contributed by atoms with Gasteiger partial charge in [0, 0.05) is 31.9 Å². The highest BCUT2D eigenvalue weighted by molar-refractivity contribution is 14.1. The number of carbonyl (C=O) groups is 2. The van der Waals surface area contributed by atoms with Crippen LogP contribution in [0, 0.1) is 3.57 Å². The molecule has 0 spiro atoms. The minimum absolute atomic E-state index is 0.119. The van der Waals surface area contributed by atoms with Crippen LogP contribution in [0.15, 0.2) is 82.0 Å². The van der Waals surface area contributed by atoms with Gasteiger partial charge in [-0.15, -0.1) is 0 Å². The quantitative estimate of drug-likeness (QED) is 0.242. The van der Waals surface area contributed by atoms with E-state index in [1.165, 1.54) is 7.11 Å². The van der Waals surface area contributed by atoms with Crippen molar-refractivity contribution in [1.29, 1.82) is 0 Å². The van der Waals surface area contributed by atoms with E-state index >= 15 is 0 Å². The van der Waals surface area contributed by atoms with Gasteiger partial charge in [-0.3, -0.25) is 4.79 Å². The van der Waals surface area contributed by atoms with Crippen LogP contribution < -0.4 is 14.8 Å². The Morgan fingerprint density at radius 2 is 1.76 bits per heavy atom. The number of hydrogen-bond donors (Lipinski definition) is 1. The Balaban J connectivity index is 1.60. The van der Waals surface area contributed by atoms with Crippen LogP contribution in [0.25, 0.3) is 5.70 Å². The first-order valence-corrected chi connectivity index (χ1v) is 13.4. The highest BCUT2D eigenvalue weighted by atomic mass is 127. The number of ether oxygens (including phenoxy) is 3. The maximum atomic E-state index is 13.6. The Bertz CT molecular complexity index is 1490. The maximum Gasteiger partial charge on any atom is 0.336 e. The van der Waals surface area contributed by atoms with E-state index < -0.39 is 11.9 Å². The minimum atomic E-state index is -0.654. The number of benzene rings is 3. The van der Waals surface area contributed by atoms with Gasteiger partial charge in [-0.25, -0.2) is 4.79 Å². The Kier molecular flexibility index (Phi) is 7.13. The summed E-state index contributed by atoms with van der Waals surface area (Å²) in [4.78, 5) is 26.6. The third kappa shape index (κ3) is 4.57. The van der Waals surface area contributed by atoms with Crippen molar-refractivity contribution in [3.8, 4) is 11.5 Å². The number of methoxy groups -OCH3 is 2. The Morgan fingerprint density at radius 3 is 2.43 bits per heavy atom. The van der Waals surface area contributed by atoms with Crippen molar-refractivity contribution in [2.24, 2.45) is 0 Å². The Morgan fingerprint density at radius 1 is 1.05 bits per heavy atom. The van der Waals surface area contributed by atoms with Crippen LogP contribution in [0.1, 0.15) is 39.9 Å². The van der Waals surface area contributed by atoms with Crippen molar-refractivity contribution in [3.05, 3.63) is 108 Å². The molecule has 0 unspecified atom stereocenters. The second-order valence-electron chi connectivity index (χ2n) is 8.70. The average Bonchev–Trinajstić information content (AvgIpc) is 3.18. The summed E-state index contributed by atoms with van der Waals surface area (Å²) < 4.78 is 18.8. The van der Waals surface area contributed by atoms with E-state index in [0.717, 1.165) is 14.7 Å². The average molecular weight is 672 g/mol. The molecule has 6 nitrogen and oxygen atoms in total. The fourth-order valence-electron chi connectivity index (χ4n) is 4.83. The van der Waals surface area contributed by atoms with Crippen LogP contribution in [0.2, 0.25) is 0 Å². The Labute approximate surface area is 237 Å². The summed E-state index contributed by atoms with van der Waals surface area (Å²) in [6.07, 6.45) is 0. The molecule has 188 valence electrons. The molecule has 0 amide bonds. The monoisotopic (exact) mass is 671 g/mol. The lowest BCUT2D eigenvalue weighted by Crippen LogP contribution is -2.29. The van der Waals surface area contributed by atoms with Gasteiger partial charge in [0.05, 0.1) is 30.0 Å². The van der Waals surface area contributed by atoms with Gasteiger partial charge in [-0.1, -0.05) is 36.4 Å². The standard InChI is InChI=1S/C29H23BrINO5/c1-15-23(29(34)36-3)24(25-26(32-15)19-6-4-5-7-20(19)27(25)33)17-12-21(30)28(22(13-17)35-2)37-14-16-8-10-18(31)11-9-16/h4-13,24,32H,14H2,1-3H3/t24-/m1/s1. The molecule has 1 heterocycles. The molecule has 1 aliphatic heterocycles. The zero-order valence-electron chi connectivity index (χ0n) is 20.4. The second-order valence-corrected chi connectivity index (χ2v) is 10.8. The molecule has 3 aromatic carbocycles. The van der Waals surface area contributed by atoms with Crippen LogP contribution in [0.4, 0.5) is 0 Å². The highest BCUT2D eigenvalue weighted by Crippen LogP contribution is 2.49. The van der Waals surface area contributed by atoms with E-state index in [9.17, 15) is 9.59 Å². The van der Waals surface area contributed by atoms with Crippen LogP contribution in [-0.2, 0) is 16.1 Å². The van der Waals surface area contributed by atoms with E-state index in [2.05, 4.69) is 43.8 Å². The lowest BCUT2D eigenvalue weighted by Gasteiger charge is -2.29. The SMILES string of the molecule is COC(=O)C1=C(C)NC2=C(C(=O)c3ccccc32)[C@@H]1c1cc(Br)c(OCc2ccc(I)cc2)c(OC)c1. The van der Waals surface area contributed by atoms with E-state index in [4.69, 9.17) is 14.2 Å². The van der Waals surface area contributed by atoms with Crippen molar-refractivity contribution >= 4 is 56.0 Å². The van der Waals surface area contributed by atoms with Gasteiger partial charge in [-0.2, -0.15) is 0 Å². The van der Waals surface area contributed by atoms with Crippen molar-refractivity contribution in [3.63, 3.8) is 0 Å². The van der Waals surface area contributed by atoms with Gasteiger partial charge in [-0.05, 0) is 80.8 Å². The van der Waals surface area contributed by atoms with Gasteiger partial charge in [0.1, 0.15) is 6.61 Å². The fourth-order valence-corrected chi connectivity index (χ4v) is 5.76. The van der Waals surface area contributed by atoms with Gasteiger partial charge >= 0.3 is 5.97 Å². The zero-order valence-corrected chi connectivity index (χ0v) is 24.1. The van der Waals surface area contributed by atoms with Crippen molar-refractivity contribution in [1.82, 2.24) is 5.32 Å². The lowest BCUT2D eigenvalue weighted by molar-refractivity contribution is -0.136. The van der Waals surface area contributed by atoms with E-state index in [1.807, 2.05) is 61.5 Å². The predicted molar refractivity (Wildman–Crippen MR) is 152 cm³/mol. The largest absolute Gasteiger partial charge is 0.493 e. The summed E-state index contributed by atoms with van der Waals surface area (Å²) in [5.74, 6) is -0.251. The number of carbonyl (C=O) groups excluding carboxylic acids is 2. The van der Waals surface area contributed by atoms with Crippen molar-refractivity contribution in [2.75, 3.05) is 14.2 Å². The normalized spacial score (nSPS) is 16.2. The summed E-state index contributed by atoms with van der Waals surface area (Å²) >= 11 is 5.90. The third-order valence-electron chi connectivity index (χ3n) is 6.54. The number of fused-ring (bicyclic) bond motifs is 2. The molecule has 0 fully saturated rings. The van der Waals surface area contributed by atoms with Gasteiger partial charge in [0.15, 0.2) is 17.3 Å². The summed E-state index contributed by atoms with van der Waals surface area (Å²) in [6, 6.07) is 19.2. The lowest BCUT2D eigenvalue weighted by atomic mass is 9.79. The number of dihydropyridines is 1. The number of allylic oxidation sites excluding steroid dienone is 2. The molecule has 37 heavy (non-hydrogen) atoms. The molecule has 0 radical (unpaired) electrons. The molecule has 1 aliphatic carbocycles. The highest BCUT2D eigenvalue weighted by Gasteiger charge is 2.43. The Hall–Kier alpha value is -3.11. The first-order chi connectivity index (χ1) is 17.8. The van der Waals surface area contributed by atoms with Crippen molar-refractivity contribution in [2.45, 2.75) is 19.4 Å². The molecule has 1 atom stereocenters. The third-order valence-corrected chi connectivity index (χ3v) is 7.84. The molecule has 2 aliphatic rings. The topological polar surface area (TPSA) is 73.9 Å². The number of rotatable bonds is 6. The molecule has 0 bridgehead atoms. The number of hydrogen-bond acceptors (Lipinski definition) is 6. The van der Waals surface area contributed by atoms with Gasteiger partial charge in [0.25, 0.3) is 0 Å². The smallest absolute Gasteiger partial charge is 0.336 e. The van der Waals surface area contributed by atoms with Gasteiger partial charge < -0.3 is 19.5 Å². The van der Waals surface area contributed by atoms with E-state index in [0.29, 0.717) is 56.2 Å². The first kappa shape index (κ1) is 25.5. The van der Waals surface area contributed by atoms with Crippen LogP contribution >= 0.6 is 38.5 Å². The number of halogens is 2. The zero-order chi connectivity index (χ0) is 26.3. The number of esters is 1. The summed E-state index contributed by atoms with van der Waals surface area (Å²) in [6.45, 7) is 2.17. The molecular formula is C29H23BrINO5. The van der Waals surface area contributed by atoms with Crippen LogP contribution in [-0.4, -0.2) is 26.0 Å². The van der Waals surface area contributed by atoms with Gasteiger partial charge in [0.2, 0.25) is 0 Å². The first-order valence-electron chi connectivity index (χ1n) is 11.5. The minimum Gasteiger partial charge on any atom is -0.493 e. The number of Topliss-reactive ketones (excluding diaryl/α,β-unsaturated/α-hetero) is 1. The molecular weight excluding hydrogens is 649 g/mol. The van der Waals surface area contributed by atoms with Crippen LogP contribution in [0.5, 0.6) is 11.5 Å². The molecule has 3 aromatic rings. The fraction of sp³-hybridized carbons (Fsp3) is 0.172. The predicted octanol–water partition coefficient (Wildman–Crippen LogP) is 6.38. The molecule has 0 aromatic heterocycles. The summed E-state index contributed by atoms with van der Waals surface area (Å²) in [7, 11) is 2.90. The van der Waals surface area contributed by atoms with E-state index in [-0.39, 0.29) is 5.78 Å². The molecule has 8 heteroatoms.